The van der Waals surface area contributed by atoms with Crippen LogP contribution in [0.25, 0.3) is 0 Å². The molecule has 0 spiro atoms. The molecule has 2 aromatic heterocycles. The summed E-state index contributed by atoms with van der Waals surface area (Å²) >= 11 is 0. The van der Waals surface area contributed by atoms with Crippen molar-refractivity contribution in [2.45, 2.75) is 46.5 Å². The van der Waals surface area contributed by atoms with Crippen LogP contribution in [0.3, 0.4) is 0 Å². The third-order valence-electron chi connectivity index (χ3n) is 2.85. The molecule has 21 heavy (non-hydrogen) atoms. The van der Waals surface area contributed by atoms with Crippen LogP contribution < -0.4 is 5.73 Å². The molecular formula is C13H23N5O2Si. The van der Waals surface area contributed by atoms with Gasteiger partial charge in [-0.05, 0) is 18.5 Å². The second-order valence-electron chi connectivity index (χ2n) is 6.41. The van der Waals surface area contributed by atoms with Gasteiger partial charge in [0.15, 0.2) is 14.9 Å². The highest BCUT2D eigenvalue weighted by Crippen LogP contribution is 2.36. The van der Waals surface area contributed by atoms with E-state index >= 15 is 0 Å². The van der Waals surface area contributed by atoms with Crippen LogP contribution in [-0.4, -0.2) is 29.0 Å². The minimum atomic E-state index is -1.20. The molecule has 2 rings (SSSR count). The zero-order valence-electron chi connectivity index (χ0n) is 13.2. The molecule has 0 aromatic carbocycles. The maximum Gasteiger partial charge on any atom is 0.222 e. The van der Waals surface area contributed by atoms with Gasteiger partial charge in [0.2, 0.25) is 5.89 Å². The normalized spacial score (nSPS) is 13.8. The Kier molecular flexibility index (Phi) is 4.48. The van der Waals surface area contributed by atoms with Crippen molar-refractivity contribution < 1.29 is 8.84 Å². The molecule has 2 aromatic rings. The summed E-state index contributed by atoms with van der Waals surface area (Å²) < 4.78 is 11.7. The van der Waals surface area contributed by atoms with E-state index in [1.807, 2.05) is 0 Å². The molecule has 0 saturated heterocycles. The summed E-state index contributed by atoms with van der Waals surface area (Å²) in [5.74, 6) is 0.999. The van der Waals surface area contributed by atoms with Gasteiger partial charge < -0.3 is 14.6 Å². The molecule has 116 valence electrons. The lowest BCUT2D eigenvalue weighted by Gasteiger charge is -2.29. The first-order valence-electron chi connectivity index (χ1n) is 7.01. The van der Waals surface area contributed by atoms with Gasteiger partial charge in [-0.15, -0.1) is 5.10 Å². The van der Waals surface area contributed by atoms with Crippen LogP contribution in [0.5, 0.6) is 0 Å². The number of nitrogens with zero attached hydrogens (tertiary/aromatic N) is 4. The Morgan fingerprint density at radius 1 is 1.43 bits per heavy atom. The lowest BCUT2D eigenvalue weighted by Crippen LogP contribution is -2.26. The number of rotatable bonds is 5. The summed E-state index contributed by atoms with van der Waals surface area (Å²) in [5.41, 5.74) is 6.22. The van der Waals surface area contributed by atoms with E-state index in [0.717, 1.165) is 5.69 Å². The van der Waals surface area contributed by atoms with Crippen LogP contribution in [0.1, 0.15) is 38.5 Å². The highest BCUT2D eigenvalue weighted by molar-refractivity contribution is 6.48. The predicted octanol–water partition coefficient (Wildman–Crippen LogP) is 1.98. The maximum absolute atomic E-state index is 6.09. The van der Waals surface area contributed by atoms with Gasteiger partial charge in [-0.1, -0.05) is 20.8 Å². The third-order valence-corrected chi connectivity index (χ3v) is 3.66. The number of aromatic nitrogens is 4. The van der Waals surface area contributed by atoms with Gasteiger partial charge in [0.1, 0.15) is 24.6 Å². The molecule has 2 N–H and O–H groups in total. The number of nitrogen functional groups attached to an aromatic ring is 1. The average molecular weight is 309 g/mol. The van der Waals surface area contributed by atoms with E-state index in [1.165, 1.54) is 11.0 Å². The van der Waals surface area contributed by atoms with Crippen molar-refractivity contribution in [2.24, 2.45) is 5.41 Å². The van der Waals surface area contributed by atoms with E-state index in [0.29, 0.717) is 18.3 Å². The second-order valence-corrected chi connectivity index (χ2v) is 8.78. The monoisotopic (exact) mass is 309 g/mol. The maximum atomic E-state index is 6.09. The molecular weight excluding hydrogens is 286 g/mol. The van der Waals surface area contributed by atoms with Crippen molar-refractivity contribution in [2.75, 3.05) is 5.73 Å². The van der Waals surface area contributed by atoms with E-state index in [-0.39, 0.29) is 11.5 Å². The zero-order chi connectivity index (χ0) is 15.6. The van der Waals surface area contributed by atoms with Crippen LogP contribution in [0.2, 0.25) is 13.1 Å². The molecule has 1 atom stereocenters. The van der Waals surface area contributed by atoms with Gasteiger partial charge >= 0.3 is 0 Å². The Bertz CT molecular complexity index is 587. The summed E-state index contributed by atoms with van der Waals surface area (Å²) in [5, 5.41) is 8.07. The van der Waals surface area contributed by atoms with E-state index in [9.17, 15) is 0 Å². The molecule has 0 aliphatic rings. The fourth-order valence-corrected chi connectivity index (χ4v) is 3.02. The van der Waals surface area contributed by atoms with Crippen LogP contribution in [0.15, 0.2) is 16.9 Å². The largest absolute Gasteiger partial charge is 0.446 e. The van der Waals surface area contributed by atoms with Crippen molar-refractivity contribution in [3.05, 3.63) is 24.0 Å². The number of hydrogen-bond acceptors (Lipinski definition) is 6. The quantitative estimate of drug-likeness (QED) is 0.849. The molecule has 0 aliphatic carbocycles. The highest BCUT2D eigenvalue weighted by Gasteiger charge is 2.32. The minimum absolute atomic E-state index is 0.0756. The Labute approximate surface area is 126 Å². The van der Waals surface area contributed by atoms with E-state index in [2.05, 4.69) is 49.0 Å². The lowest BCUT2D eigenvalue weighted by molar-refractivity contribution is 0.0612. The summed E-state index contributed by atoms with van der Waals surface area (Å²) in [6, 6.07) is 0. The zero-order valence-corrected chi connectivity index (χ0v) is 14.4. The van der Waals surface area contributed by atoms with Crippen molar-refractivity contribution in [1.82, 2.24) is 20.0 Å². The van der Waals surface area contributed by atoms with Gasteiger partial charge in [-0.2, -0.15) is 9.90 Å². The molecule has 0 amide bonds. The number of oxazole rings is 1. The highest BCUT2D eigenvalue weighted by atomic mass is 28.3. The molecule has 7 nitrogen and oxygen atoms in total. The molecule has 0 bridgehead atoms. The number of anilines is 1. The molecule has 0 saturated carbocycles. The van der Waals surface area contributed by atoms with Crippen molar-refractivity contribution in [3.8, 4) is 0 Å². The van der Waals surface area contributed by atoms with Gasteiger partial charge in [-0.25, -0.2) is 4.98 Å². The summed E-state index contributed by atoms with van der Waals surface area (Å²) in [6.45, 7) is 11.1. The fourth-order valence-electron chi connectivity index (χ4n) is 1.95. The number of nitrogens with two attached hydrogens (primary N) is 1. The van der Waals surface area contributed by atoms with E-state index < -0.39 is 9.04 Å². The van der Waals surface area contributed by atoms with Gasteiger partial charge in [0.05, 0.1) is 6.20 Å². The molecule has 0 aliphatic heterocycles. The topological polar surface area (TPSA) is 92.0 Å². The van der Waals surface area contributed by atoms with Crippen molar-refractivity contribution in [1.29, 1.82) is 0 Å². The Balaban J connectivity index is 2.16. The Morgan fingerprint density at radius 2 is 2.14 bits per heavy atom. The summed E-state index contributed by atoms with van der Waals surface area (Å²) in [7, 11) is -1.20. The van der Waals surface area contributed by atoms with E-state index in [4.69, 9.17) is 14.6 Å². The third kappa shape index (κ3) is 4.15. The molecule has 2 heterocycles. The van der Waals surface area contributed by atoms with Crippen LogP contribution >= 0.6 is 0 Å². The summed E-state index contributed by atoms with van der Waals surface area (Å²) in [4.78, 5) is 6.01. The van der Waals surface area contributed by atoms with Gasteiger partial charge in [-0.3, -0.25) is 0 Å². The fraction of sp³-hybridized carbons (Fsp3) is 0.615. The standard InChI is InChI=1S/C13H23N5O2Si/c1-13(2,3)11(20-21(4)5)12-16-9(8-19-12)7-18-15-6-10(14)17-18/h6,8,11,21H,7H2,1-5H3,(H2,14,17). The second kappa shape index (κ2) is 5.98. The minimum Gasteiger partial charge on any atom is -0.446 e. The van der Waals surface area contributed by atoms with Crippen LogP contribution in [0.4, 0.5) is 5.82 Å². The first-order chi connectivity index (χ1) is 9.75. The van der Waals surface area contributed by atoms with Gasteiger partial charge in [0, 0.05) is 0 Å². The SMILES string of the molecule is C[SiH](C)OC(c1nc(Cn2ncc(N)n2)co1)C(C)(C)C. The first-order valence-corrected chi connectivity index (χ1v) is 9.79. The summed E-state index contributed by atoms with van der Waals surface area (Å²) in [6.07, 6.45) is 2.99. The molecule has 1 unspecified atom stereocenters. The van der Waals surface area contributed by atoms with Crippen molar-refractivity contribution in [3.63, 3.8) is 0 Å². The van der Waals surface area contributed by atoms with Crippen LogP contribution in [-0.2, 0) is 11.0 Å². The predicted molar refractivity (Wildman–Crippen MR) is 82.2 cm³/mol. The Morgan fingerprint density at radius 3 is 2.67 bits per heavy atom. The lowest BCUT2D eigenvalue weighted by atomic mass is 9.89. The number of hydrogen-bond donors (Lipinski definition) is 1. The first kappa shape index (κ1) is 15.7. The van der Waals surface area contributed by atoms with E-state index in [1.54, 1.807) is 6.26 Å². The van der Waals surface area contributed by atoms with Crippen LogP contribution in [0, 0.1) is 5.41 Å². The molecule has 8 heteroatoms. The average Bonchev–Trinajstić information content (AvgIpc) is 2.95. The van der Waals surface area contributed by atoms with Crippen molar-refractivity contribution >= 4 is 14.9 Å². The Hall–Kier alpha value is -1.67. The molecule has 0 fully saturated rings. The smallest absolute Gasteiger partial charge is 0.222 e. The van der Waals surface area contributed by atoms with Gasteiger partial charge in [0.25, 0.3) is 0 Å². The molecule has 0 radical (unpaired) electrons.